The molecule has 0 atom stereocenters. The maximum atomic E-state index is 5.71. The Morgan fingerprint density at radius 3 is 2.81 bits per heavy atom. The summed E-state index contributed by atoms with van der Waals surface area (Å²) in [6.07, 6.45) is 5.29. The summed E-state index contributed by atoms with van der Waals surface area (Å²) in [4.78, 5) is 9.51. The molecule has 5 heteroatoms. The van der Waals surface area contributed by atoms with Crippen molar-refractivity contribution in [3.8, 4) is 5.88 Å². The zero-order chi connectivity index (χ0) is 10.7. The molecule has 16 heavy (non-hydrogen) atoms. The van der Waals surface area contributed by atoms with Crippen LogP contribution < -0.4 is 27.7 Å². The van der Waals surface area contributed by atoms with Crippen molar-refractivity contribution in [1.82, 2.24) is 4.98 Å². The van der Waals surface area contributed by atoms with E-state index >= 15 is 0 Å². The fourth-order valence-corrected chi connectivity index (χ4v) is 1.20. The second kappa shape index (κ2) is 5.32. The summed E-state index contributed by atoms with van der Waals surface area (Å²) < 4.78 is 1.58. The highest BCUT2D eigenvalue weighted by Crippen LogP contribution is 2.14. The van der Waals surface area contributed by atoms with E-state index in [1.165, 1.54) is 0 Å². The largest absolute Gasteiger partial charge is 1.00 e. The lowest BCUT2D eigenvalue weighted by atomic mass is 10.3. The summed E-state index contributed by atoms with van der Waals surface area (Å²) in [6.45, 7) is 1.99. The first-order valence-electron chi connectivity index (χ1n) is 4.62. The van der Waals surface area contributed by atoms with Gasteiger partial charge in [0.2, 0.25) is 12.4 Å². The first kappa shape index (κ1) is 12.3. The van der Waals surface area contributed by atoms with Crippen LogP contribution in [-0.4, -0.2) is 4.98 Å². The van der Waals surface area contributed by atoms with Crippen molar-refractivity contribution in [1.29, 1.82) is 0 Å². The molecule has 0 saturated carbocycles. The summed E-state index contributed by atoms with van der Waals surface area (Å²) in [5, 5.41) is 0. The van der Waals surface area contributed by atoms with Crippen LogP contribution in [0.15, 0.2) is 42.9 Å². The number of rotatable bonds is 2. The van der Waals surface area contributed by atoms with E-state index in [0.717, 1.165) is 5.56 Å². The molecule has 0 aliphatic heterocycles. The summed E-state index contributed by atoms with van der Waals surface area (Å²) >= 11 is 0. The van der Waals surface area contributed by atoms with Crippen molar-refractivity contribution in [3.63, 3.8) is 0 Å². The molecule has 2 rings (SSSR count). The minimum absolute atomic E-state index is 0. The quantitative estimate of drug-likeness (QED) is 0.622. The molecule has 0 amide bonds. The predicted octanol–water partition coefficient (Wildman–Crippen LogP) is -1.89. The molecule has 2 N–H and O–H groups in total. The SMILES string of the molecule is Cc1ccc[n+](Oc2ncccc2N)c1.[Cl-]. The molecule has 2 heterocycles. The zero-order valence-electron chi connectivity index (χ0n) is 8.80. The van der Waals surface area contributed by atoms with E-state index in [0.29, 0.717) is 11.6 Å². The molecule has 0 spiro atoms. The third-order valence-corrected chi connectivity index (χ3v) is 1.92. The third-order valence-electron chi connectivity index (χ3n) is 1.92. The molecule has 0 radical (unpaired) electrons. The maximum absolute atomic E-state index is 5.71. The van der Waals surface area contributed by atoms with Crippen molar-refractivity contribution in [2.24, 2.45) is 0 Å². The van der Waals surface area contributed by atoms with Crippen LogP contribution in [0.1, 0.15) is 5.56 Å². The van der Waals surface area contributed by atoms with E-state index in [4.69, 9.17) is 10.6 Å². The van der Waals surface area contributed by atoms with Crippen molar-refractivity contribution in [3.05, 3.63) is 48.4 Å². The van der Waals surface area contributed by atoms with Crippen LogP contribution in [0.4, 0.5) is 5.69 Å². The van der Waals surface area contributed by atoms with Crippen LogP contribution in [0.5, 0.6) is 5.88 Å². The molecule has 2 aromatic heterocycles. The molecule has 0 saturated heterocycles. The third kappa shape index (κ3) is 2.84. The molecule has 4 nitrogen and oxygen atoms in total. The van der Waals surface area contributed by atoms with Gasteiger partial charge in [-0.05, 0) is 25.1 Å². The first-order chi connectivity index (χ1) is 7.25. The van der Waals surface area contributed by atoms with E-state index < -0.39 is 0 Å². The topological polar surface area (TPSA) is 52.0 Å². The standard InChI is InChI=1S/C11H12N3O.ClH/c1-9-4-3-7-14(8-9)15-11-10(12)5-2-6-13-11;/h2-8H,12H2,1H3;1H/q+1;/p-1. The van der Waals surface area contributed by atoms with Gasteiger partial charge in [-0.2, -0.15) is 0 Å². The highest BCUT2D eigenvalue weighted by molar-refractivity contribution is 5.46. The lowest BCUT2D eigenvalue weighted by Crippen LogP contribution is -3.00. The second-order valence-electron chi connectivity index (χ2n) is 3.23. The number of nitrogens with two attached hydrogens (primary N) is 1. The Hall–Kier alpha value is -1.81. The van der Waals surface area contributed by atoms with Gasteiger partial charge in [0.1, 0.15) is 5.69 Å². The maximum Gasteiger partial charge on any atom is 0.318 e. The second-order valence-corrected chi connectivity index (χ2v) is 3.23. The lowest BCUT2D eigenvalue weighted by Gasteiger charge is -1.99. The minimum atomic E-state index is 0. The molecule has 0 fully saturated rings. The number of hydrogen-bond acceptors (Lipinski definition) is 3. The predicted molar refractivity (Wildman–Crippen MR) is 56.0 cm³/mol. The van der Waals surface area contributed by atoms with Gasteiger partial charge in [-0.3, -0.25) is 0 Å². The van der Waals surface area contributed by atoms with Crippen molar-refractivity contribution in [2.45, 2.75) is 6.92 Å². The summed E-state index contributed by atoms with van der Waals surface area (Å²) in [6, 6.07) is 7.40. The highest BCUT2D eigenvalue weighted by Gasteiger charge is 2.08. The molecule has 84 valence electrons. The van der Waals surface area contributed by atoms with Gasteiger partial charge in [0.05, 0.1) is 0 Å². The van der Waals surface area contributed by atoms with E-state index in [1.54, 1.807) is 29.3 Å². The zero-order valence-corrected chi connectivity index (χ0v) is 9.56. The number of pyridine rings is 2. The number of nitrogens with zero attached hydrogens (tertiary/aromatic N) is 2. The molecular formula is C11H12ClN3O. The molecule has 0 unspecified atom stereocenters. The van der Waals surface area contributed by atoms with Crippen LogP contribution >= 0.6 is 0 Å². The number of aryl methyl sites for hydroxylation is 1. The van der Waals surface area contributed by atoms with Crippen LogP contribution in [0.3, 0.4) is 0 Å². The molecule has 0 aromatic carbocycles. The molecule has 0 bridgehead atoms. The number of hydrogen-bond donors (Lipinski definition) is 1. The van der Waals surface area contributed by atoms with Gasteiger partial charge in [0.25, 0.3) is 0 Å². The Balaban J connectivity index is 0.00000128. The number of nitrogen functional groups attached to an aromatic ring is 1. The van der Waals surface area contributed by atoms with Gasteiger partial charge < -0.3 is 18.1 Å². The summed E-state index contributed by atoms with van der Waals surface area (Å²) in [5.41, 5.74) is 7.33. The van der Waals surface area contributed by atoms with Crippen molar-refractivity contribution >= 4 is 5.69 Å². The Morgan fingerprint density at radius 2 is 2.12 bits per heavy atom. The number of halogens is 1. The monoisotopic (exact) mass is 237 g/mol. The van der Waals surface area contributed by atoms with Gasteiger partial charge in [-0.25, -0.2) is 9.82 Å². The number of aromatic nitrogens is 2. The van der Waals surface area contributed by atoms with E-state index in [1.807, 2.05) is 25.3 Å². The van der Waals surface area contributed by atoms with Crippen molar-refractivity contribution in [2.75, 3.05) is 5.73 Å². The van der Waals surface area contributed by atoms with Crippen LogP contribution in [0.25, 0.3) is 0 Å². The summed E-state index contributed by atoms with van der Waals surface area (Å²) in [7, 11) is 0. The highest BCUT2D eigenvalue weighted by atomic mass is 35.5. The van der Waals surface area contributed by atoms with Gasteiger partial charge in [-0.1, -0.05) is 0 Å². The van der Waals surface area contributed by atoms with Gasteiger partial charge >= 0.3 is 5.88 Å². The Bertz CT molecular complexity index is 476. The van der Waals surface area contributed by atoms with E-state index in [9.17, 15) is 0 Å². The van der Waals surface area contributed by atoms with E-state index in [2.05, 4.69) is 4.98 Å². The fourth-order valence-electron chi connectivity index (χ4n) is 1.20. The van der Waals surface area contributed by atoms with Crippen LogP contribution in [-0.2, 0) is 0 Å². The Kier molecular flexibility index (Phi) is 4.08. The van der Waals surface area contributed by atoms with Crippen LogP contribution in [0, 0.1) is 6.92 Å². The smallest absolute Gasteiger partial charge is 0.318 e. The van der Waals surface area contributed by atoms with Gasteiger partial charge in [-0.15, -0.1) is 0 Å². The van der Waals surface area contributed by atoms with Crippen LogP contribution in [0.2, 0.25) is 0 Å². The minimum Gasteiger partial charge on any atom is -1.00 e. The Morgan fingerprint density at radius 1 is 1.31 bits per heavy atom. The first-order valence-corrected chi connectivity index (χ1v) is 4.62. The molecular weight excluding hydrogens is 226 g/mol. The average molecular weight is 238 g/mol. The van der Waals surface area contributed by atoms with Gasteiger partial charge in [0, 0.05) is 22.6 Å². The van der Waals surface area contributed by atoms with Crippen molar-refractivity contribution < 1.29 is 22.0 Å². The average Bonchev–Trinajstić information content (AvgIpc) is 2.22. The number of anilines is 1. The molecule has 0 aliphatic carbocycles. The van der Waals surface area contributed by atoms with Gasteiger partial charge in [0.15, 0.2) is 0 Å². The fraction of sp³-hybridized carbons (Fsp3) is 0.0909. The molecule has 2 aromatic rings. The normalized spacial score (nSPS) is 9.31. The molecule has 0 aliphatic rings. The van der Waals surface area contributed by atoms with E-state index in [-0.39, 0.29) is 12.4 Å². The lowest BCUT2D eigenvalue weighted by molar-refractivity contribution is -0.875. The summed E-state index contributed by atoms with van der Waals surface area (Å²) in [5.74, 6) is 0.410. The Labute approximate surface area is 100 Å².